The summed E-state index contributed by atoms with van der Waals surface area (Å²) in [4.78, 5) is 25.6. The number of rotatable bonds is 2. The highest BCUT2D eigenvalue weighted by atomic mass is 19.1. The van der Waals surface area contributed by atoms with Crippen LogP contribution in [0.15, 0.2) is 12.1 Å². The second-order valence-corrected chi connectivity index (χ2v) is 5.89. The van der Waals surface area contributed by atoms with Gasteiger partial charge in [-0.3, -0.25) is 14.5 Å². The van der Waals surface area contributed by atoms with Gasteiger partial charge < -0.3 is 4.74 Å². The van der Waals surface area contributed by atoms with Gasteiger partial charge in [0.15, 0.2) is 0 Å². The van der Waals surface area contributed by atoms with E-state index in [2.05, 4.69) is 4.74 Å². The van der Waals surface area contributed by atoms with Gasteiger partial charge in [0.25, 0.3) is 0 Å². The summed E-state index contributed by atoms with van der Waals surface area (Å²) in [6.07, 6.45) is 3.67. The van der Waals surface area contributed by atoms with E-state index < -0.39 is 23.0 Å². The molecule has 118 valence electrons. The summed E-state index contributed by atoms with van der Waals surface area (Å²) in [6, 6.07) is 1.94. The van der Waals surface area contributed by atoms with Gasteiger partial charge in [0, 0.05) is 11.6 Å². The van der Waals surface area contributed by atoms with Crippen molar-refractivity contribution in [1.29, 1.82) is 0 Å². The molecule has 1 aliphatic carbocycles. The molecule has 22 heavy (non-hydrogen) atoms. The van der Waals surface area contributed by atoms with Crippen LogP contribution in [0, 0.1) is 11.6 Å². The third-order valence-corrected chi connectivity index (χ3v) is 4.68. The van der Waals surface area contributed by atoms with Crippen LogP contribution < -0.4 is 4.90 Å². The lowest BCUT2D eigenvalue weighted by molar-refractivity contribution is -0.140. The Morgan fingerprint density at radius 2 is 1.95 bits per heavy atom. The molecular weight excluding hydrogens is 292 g/mol. The Bertz CT molecular complexity index is 639. The molecule has 2 aliphatic rings. The second kappa shape index (κ2) is 5.34. The fourth-order valence-corrected chi connectivity index (χ4v) is 3.69. The Morgan fingerprint density at radius 3 is 2.59 bits per heavy atom. The zero-order chi connectivity index (χ0) is 15.9. The minimum atomic E-state index is -0.959. The zero-order valence-corrected chi connectivity index (χ0v) is 12.3. The third-order valence-electron chi connectivity index (χ3n) is 4.68. The maximum absolute atomic E-state index is 14.4. The predicted octanol–water partition coefficient (Wildman–Crippen LogP) is 2.69. The van der Waals surface area contributed by atoms with Crippen molar-refractivity contribution in [2.24, 2.45) is 0 Å². The van der Waals surface area contributed by atoms with Crippen LogP contribution >= 0.6 is 0 Å². The van der Waals surface area contributed by atoms with Gasteiger partial charge in [-0.25, -0.2) is 8.78 Å². The van der Waals surface area contributed by atoms with Crippen molar-refractivity contribution in [3.05, 3.63) is 29.3 Å². The maximum Gasteiger partial charge on any atom is 0.325 e. The van der Waals surface area contributed by atoms with Crippen LogP contribution in [0.2, 0.25) is 0 Å². The van der Waals surface area contributed by atoms with E-state index >= 15 is 0 Å². The van der Waals surface area contributed by atoms with E-state index in [4.69, 9.17) is 0 Å². The number of carbonyl (C=O) groups excluding carboxylic acids is 2. The first-order valence-electron chi connectivity index (χ1n) is 7.38. The summed E-state index contributed by atoms with van der Waals surface area (Å²) in [5.74, 6) is -2.40. The number of anilines is 1. The van der Waals surface area contributed by atoms with E-state index in [1.54, 1.807) is 0 Å². The lowest BCUT2D eigenvalue weighted by Crippen LogP contribution is -2.44. The lowest BCUT2D eigenvalue weighted by atomic mass is 9.70. The fourth-order valence-electron chi connectivity index (χ4n) is 3.69. The molecule has 1 spiro atoms. The molecule has 1 aliphatic heterocycles. The Morgan fingerprint density at radius 1 is 1.27 bits per heavy atom. The van der Waals surface area contributed by atoms with E-state index in [0.29, 0.717) is 12.8 Å². The Kier molecular flexibility index (Phi) is 3.62. The number of esters is 1. The molecule has 0 N–H and O–H groups in total. The molecule has 1 heterocycles. The molecule has 3 rings (SSSR count). The second-order valence-electron chi connectivity index (χ2n) is 5.89. The van der Waals surface area contributed by atoms with Crippen LogP contribution in [0.5, 0.6) is 0 Å². The largest absolute Gasteiger partial charge is 0.468 e. The highest BCUT2D eigenvalue weighted by Crippen LogP contribution is 2.51. The number of fused-ring (bicyclic) bond motifs is 2. The summed E-state index contributed by atoms with van der Waals surface area (Å²) in [6.45, 7) is -0.326. The van der Waals surface area contributed by atoms with E-state index in [1.165, 1.54) is 12.0 Å². The topological polar surface area (TPSA) is 46.6 Å². The van der Waals surface area contributed by atoms with Crippen molar-refractivity contribution >= 4 is 17.6 Å². The molecule has 1 amide bonds. The number of hydrogen-bond donors (Lipinski definition) is 0. The van der Waals surface area contributed by atoms with Gasteiger partial charge in [-0.05, 0) is 18.9 Å². The van der Waals surface area contributed by atoms with Crippen LogP contribution in [-0.4, -0.2) is 25.5 Å². The standard InChI is InChI=1S/C16H17F2NO3/c1-22-13(20)9-19-12-8-10(17)7-11(18)14(12)16(15(19)21)5-3-2-4-6-16/h7-8H,2-6,9H2,1H3. The van der Waals surface area contributed by atoms with E-state index in [0.717, 1.165) is 31.4 Å². The number of methoxy groups -OCH3 is 1. The first-order valence-corrected chi connectivity index (χ1v) is 7.38. The SMILES string of the molecule is COC(=O)CN1C(=O)C2(CCCCC2)c2c(F)cc(F)cc21. The molecule has 0 saturated heterocycles. The highest BCUT2D eigenvalue weighted by molar-refractivity contribution is 6.10. The number of benzene rings is 1. The summed E-state index contributed by atoms with van der Waals surface area (Å²) in [5.41, 5.74) is -0.559. The summed E-state index contributed by atoms with van der Waals surface area (Å²) >= 11 is 0. The number of halogens is 2. The smallest absolute Gasteiger partial charge is 0.325 e. The number of amides is 1. The number of carbonyl (C=O) groups is 2. The molecule has 0 aromatic heterocycles. The van der Waals surface area contributed by atoms with Gasteiger partial charge in [-0.15, -0.1) is 0 Å². The first kappa shape index (κ1) is 14.9. The highest BCUT2D eigenvalue weighted by Gasteiger charge is 2.53. The van der Waals surface area contributed by atoms with Crippen LogP contribution in [0.3, 0.4) is 0 Å². The number of nitrogens with zero attached hydrogens (tertiary/aromatic N) is 1. The van der Waals surface area contributed by atoms with Crippen LogP contribution in [-0.2, 0) is 19.7 Å². The minimum absolute atomic E-state index is 0.162. The maximum atomic E-state index is 14.4. The van der Waals surface area contributed by atoms with Crippen molar-refractivity contribution < 1.29 is 23.1 Å². The quantitative estimate of drug-likeness (QED) is 0.789. The minimum Gasteiger partial charge on any atom is -0.468 e. The molecule has 0 unspecified atom stereocenters. The Labute approximate surface area is 127 Å². The number of ether oxygens (including phenoxy) is 1. The van der Waals surface area contributed by atoms with Gasteiger partial charge in [0.05, 0.1) is 18.2 Å². The van der Waals surface area contributed by atoms with Gasteiger partial charge in [0.2, 0.25) is 5.91 Å². The van der Waals surface area contributed by atoms with E-state index in [9.17, 15) is 18.4 Å². The van der Waals surface area contributed by atoms with Crippen LogP contribution in [0.4, 0.5) is 14.5 Å². The summed E-state index contributed by atoms with van der Waals surface area (Å²) in [7, 11) is 1.21. The average Bonchev–Trinajstić information content (AvgIpc) is 2.70. The fraction of sp³-hybridized carbons (Fsp3) is 0.500. The van der Waals surface area contributed by atoms with Crippen molar-refractivity contribution in [3.63, 3.8) is 0 Å². The third kappa shape index (κ3) is 2.09. The van der Waals surface area contributed by atoms with E-state index in [1.807, 2.05) is 0 Å². The van der Waals surface area contributed by atoms with Crippen molar-refractivity contribution in [1.82, 2.24) is 0 Å². The zero-order valence-electron chi connectivity index (χ0n) is 12.3. The summed E-state index contributed by atoms with van der Waals surface area (Å²) < 4.78 is 32.6. The molecule has 6 heteroatoms. The summed E-state index contributed by atoms with van der Waals surface area (Å²) in [5, 5.41) is 0. The van der Waals surface area contributed by atoms with Gasteiger partial charge in [-0.1, -0.05) is 19.3 Å². The molecule has 0 atom stereocenters. The molecule has 0 bridgehead atoms. The average molecular weight is 309 g/mol. The van der Waals surface area contributed by atoms with Gasteiger partial charge >= 0.3 is 5.97 Å². The molecule has 1 saturated carbocycles. The van der Waals surface area contributed by atoms with Crippen LogP contribution in [0.1, 0.15) is 37.7 Å². The molecule has 1 fully saturated rings. The molecule has 1 aromatic carbocycles. The monoisotopic (exact) mass is 309 g/mol. The van der Waals surface area contributed by atoms with Crippen molar-refractivity contribution in [2.45, 2.75) is 37.5 Å². The van der Waals surface area contributed by atoms with Gasteiger partial charge in [-0.2, -0.15) is 0 Å². The van der Waals surface area contributed by atoms with Crippen molar-refractivity contribution in [3.8, 4) is 0 Å². The Balaban J connectivity index is 2.14. The lowest BCUT2D eigenvalue weighted by Gasteiger charge is -2.32. The predicted molar refractivity (Wildman–Crippen MR) is 75.5 cm³/mol. The Hall–Kier alpha value is -1.98. The molecule has 4 nitrogen and oxygen atoms in total. The molecular formula is C16H17F2NO3. The normalized spacial score (nSPS) is 19.4. The van der Waals surface area contributed by atoms with Crippen LogP contribution in [0.25, 0.3) is 0 Å². The van der Waals surface area contributed by atoms with Gasteiger partial charge in [0.1, 0.15) is 18.2 Å². The van der Waals surface area contributed by atoms with E-state index in [-0.39, 0.29) is 23.7 Å². The number of hydrogen-bond acceptors (Lipinski definition) is 3. The van der Waals surface area contributed by atoms with Crippen molar-refractivity contribution in [2.75, 3.05) is 18.6 Å². The molecule has 1 aromatic rings. The first-order chi connectivity index (χ1) is 10.5. The molecule has 0 radical (unpaired) electrons.